The summed E-state index contributed by atoms with van der Waals surface area (Å²) < 4.78 is 5.45. The van der Waals surface area contributed by atoms with Crippen LogP contribution >= 0.6 is 0 Å². The fourth-order valence-electron chi connectivity index (χ4n) is 2.44. The van der Waals surface area contributed by atoms with Gasteiger partial charge >= 0.3 is 0 Å². The first-order valence-electron chi connectivity index (χ1n) is 6.76. The third-order valence-corrected chi connectivity index (χ3v) is 3.82. The van der Waals surface area contributed by atoms with Crippen molar-refractivity contribution in [1.82, 2.24) is 4.90 Å². The van der Waals surface area contributed by atoms with Gasteiger partial charge in [-0.15, -0.1) is 0 Å². The first-order chi connectivity index (χ1) is 7.76. The molecule has 1 fully saturated rings. The van der Waals surface area contributed by atoms with Crippen molar-refractivity contribution in [1.29, 1.82) is 0 Å². The fraction of sp³-hybridized carbons (Fsp3) is 1.00. The van der Waals surface area contributed by atoms with Crippen LogP contribution in [0.25, 0.3) is 0 Å². The summed E-state index contributed by atoms with van der Waals surface area (Å²) in [4.78, 5) is 2.56. The molecule has 0 bridgehead atoms. The Balaban J connectivity index is 2.45. The lowest BCUT2D eigenvalue weighted by molar-refractivity contribution is 0.000452. The summed E-state index contributed by atoms with van der Waals surface area (Å²) in [5.74, 6) is 0. The molecule has 3 nitrogen and oxygen atoms in total. The molecular formula is C13H28N2O. The smallest absolute Gasteiger partial charge is 0.0472 e. The SMILES string of the molecule is CCCCN(CC)CC1(CN)CCOCC1. The van der Waals surface area contributed by atoms with Gasteiger partial charge in [0, 0.05) is 19.8 Å². The predicted molar refractivity (Wildman–Crippen MR) is 68.6 cm³/mol. The second kappa shape index (κ2) is 7.25. The van der Waals surface area contributed by atoms with Crippen molar-refractivity contribution in [2.24, 2.45) is 11.1 Å². The second-order valence-corrected chi connectivity index (χ2v) is 5.04. The molecule has 1 heterocycles. The molecule has 0 saturated carbocycles. The van der Waals surface area contributed by atoms with Gasteiger partial charge in [-0.25, -0.2) is 0 Å². The molecule has 0 amide bonds. The molecule has 3 heteroatoms. The highest BCUT2D eigenvalue weighted by Gasteiger charge is 2.32. The summed E-state index contributed by atoms with van der Waals surface area (Å²) in [5, 5.41) is 0. The van der Waals surface area contributed by atoms with Crippen molar-refractivity contribution in [3.63, 3.8) is 0 Å². The van der Waals surface area contributed by atoms with E-state index in [2.05, 4.69) is 18.7 Å². The van der Waals surface area contributed by atoms with E-state index in [1.54, 1.807) is 0 Å². The third-order valence-electron chi connectivity index (χ3n) is 3.82. The van der Waals surface area contributed by atoms with Gasteiger partial charge in [0.2, 0.25) is 0 Å². The average Bonchev–Trinajstić information content (AvgIpc) is 2.35. The molecule has 0 aromatic carbocycles. The Labute approximate surface area is 100 Å². The molecule has 1 aliphatic heterocycles. The molecule has 0 aliphatic carbocycles. The van der Waals surface area contributed by atoms with E-state index in [-0.39, 0.29) is 0 Å². The average molecular weight is 228 g/mol. The maximum Gasteiger partial charge on any atom is 0.0472 e. The normalized spacial score (nSPS) is 20.2. The van der Waals surface area contributed by atoms with E-state index in [1.165, 1.54) is 19.4 Å². The third kappa shape index (κ3) is 4.04. The maximum atomic E-state index is 5.99. The van der Waals surface area contributed by atoms with Crippen LogP contribution in [0.3, 0.4) is 0 Å². The Morgan fingerprint density at radius 2 is 1.94 bits per heavy atom. The predicted octanol–water partition coefficient (Wildman–Crippen LogP) is 1.86. The van der Waals surface area contributed by atoms with Gasteiger partial charge < -0.3 is 15.4 Å². The molecule has 16 heavy (non-hydrogen) atoms. The van der Waals surface area contributed by atoms with E-state index < -0.39 is 0 Å². The molecule has 1 rings (SSSR count). The van der Waals surface area contributed by atoms with Gasteiger partial charge in [-0.3, -0.25) is 0 Å². The van der Waals surface area contributed by atoms with Crippen molar-refractivity contribution in [3.05, 3.63) is 0 Å². The first-order valence-corrected chi connectivity index (χ1v) is 6.76. The molecule has 0 spiro atoms. The van der Waals surface area contributed by atoms with Crippen LogP contribution in [0.1, 0.15) is 39.5 Å². The van der Waals surface area contributed by atoms with E-state index in [0.29, 0.717) is 5.41 Å². The second-order valence-electron chi connectivity index (χ2n) is 5.04. The minimum Gasteiger partial charge on any atom is -0.381 e. The lowest BCUT2D eigenvalue weighted by atomic mass is 9.79. The number of hydrogen-bond donors (Lipinski definition) is 1. The van der Waals surface area contributed by atoms with Crippen molar-refractivity contribution >= 4 is 0 Å². The number of unbranched alkanes of at least 4 members (excludes halogenated alkanes) is 1. The molecular weight excluding hydrogens is 200 g/mol. The topological polar surface area (TPSA) is 38.5 Å². The highest BCUT2D eigenvalue weighted by molar-refractivity contribution is 4.85. The molecule has 0 radical (unpaired) electrons. The van der Waals surface area contributed by atoms with Gasteiger partial charge in [0.05, 0.1) is 0 Å². The van der Waals surface area contributed by atoms with Crippen molar-refractivity contribution < 1.29 is 4.74 Å². The van der Waals surface area contributed by atoms with Gasteiger partial charge in [0.25, 0.3) is 0 Å². The van der Waals surface area contributed by atoms with Crippen molar-refractivity contribution in [2.75, 3.05) is 39.4 Å². The Kier molecular flexibility index (Phi) is 6.32. The Hall–Kier alpha value is -0.120. The Bertz CT molecular complexity index is 179. The van der Waals surface area contributed by atoms with Crippen LogP contribution in [-0.4, -0.2) is 44.3 Å². The molecule has 0 aromatic rings. The van der Waals surface area contributed by atoms with Gasteiger partial charge in [0.15, 0.2) is 0 Å². The van der Waals surface area contributed by atoms with Crippen LogP contribution in [0.4, 0.5) is 0 Å². The molecule has 0 aromatic heterocycles. The number of ether oxygens (including phenoxy) is 1. The van der Waals surface area contributed by atoms with Crippen LogP contribution in [0.15, 0.2) is 0 Å². The summed E-state index contributed by atoms with van der Waals surface area (Å²) in [5.41, 5.74) is 6.31. The highest BCUT2D eigenvalue weighted by Crippen LogP contribution is 2.30. The Morgan fingerprint density at radius 3 is 2.44 bits per heavy atom. The standard InChI is InChI=1S/C13H28N2O/c1-3-5-8-15(4-2)12-13(11-14)6-9-16-10-7-13/h3-12,14H2,1-2H3. The highest BCUT2D eigenvalue weighted by atomic mass is 16.5. The zero-order chi connectivity index (χ0) is 11.9. The van der Waals surface area contributed by atoms with Crippen molar-refractivity contribution in [2.45, 2.75) is 39.5 Å². The number of nitrogens with two attached hydrogens (primary N) is 1. The summed E-state index contributed by atoms with van der Waals surface area (Å²) in [6, 6.07) is 0. The van der Waals surface area contributed by atoms with Crippen LogP contribution in [0.5, 0.6) is 0 Å². The van der Waals surface area contributed by atoms with Gasteiger partial charge in [-0.05, 0) is 44.3 Å². The lowest BCUT2D eigenvalue weighted by Gasteiger charge is -2.40. The van der Waals surface area contributed by atoms with Gasteiger partial charge in [-0.2, -0.15) is 0 Å². The molecule has 96 valence electrons. The van der Waals surface area contributed by atoms with Crippen LogP contribution in [0, 0.1) is 5.41 Å². The largest absolute Gasteiger partial charge is 0.381 e. The van der Waals surface area contributed by atoms with Crippen molar-refractivity contribution in [3.8, 4) is 0 Å². The minimum absolute atomic E-state index is 0.321. The fourth-order valence-corrected chi connectivity index (χ4v) is 2.44. The van der Waals surface area contributed by atoms with Gasteiger partial charge in [0.1, 0.15) is 0 Å². The zero-order valence-electron chi connectivity index (χ0n) is 11.0. The number of nitrogens with zero attached hydrogens (tertiary/aromatic N) is 1. The summed E-state index contributed by atoms with van der Waals surface area (Å²) >= 11 is 0. The van der Waals surface area contributed by atoms with E-state index >= 15 is 0 Å². The quantitative estimate of drug-likeness (QED) is 0.723. The van der Waals surface area contributed by atoms with E-state index in [1.807, 2.05) is 0 Å². The van der Waals surface area contributed by atoms with Crippen LogP contribution in [0.2, 0.25) is 0 Å². The zero-order valence-corrected chi connectivity index (χ0v) is 11.0. The molecule has 1 saturated heterocycles. The van der Waals surface area contributed by atoms with E-state index in [4.69, 9.17) is 10.5 Å². The molecule has 0 atom stereocenters. The Morgan fingerprint density at radius 1 is 1.25 bits per heavy atom. The number of rotatable bonds is 7. The molecule has 0 unspecified atom stereocenters. The van der Waals surface area contributed by atoms with E-state index in [0.717, 1.165) is 45.7 Å². The van der Waals surface area contributed by atoms with Crippen LogP contribution in [-0.2, 0) is 4.74 Å². The first kappa shape index (κ1) is 13.9. The summed E-state index contributed by atoms with van der Waals surface area (Å²) in [7, 11) is 0. The lowest BCUT2D eigenvalue weighted by Crippen LogP contribution is -2.46. The maximum absolute atomic E-state index is 5.99. The van der Waals surface area contributed by atoms with Crippen LogP contribution < -0.4 is 5.73 Å². The number of hydrogen-bond acceptors (Lipinski definition) is 3. The minimum atomic E-state index is 0.321. The van der Waals surface area contributed by atoms with E-state index in [9.17, 15) is 0 Å². The van der Waals surface area contributed by atoms with Gasteiger partial charge in [-0.1, -0.05) is 20.3 Å². The molecule has 1 aliphatic rings. The monoisotopic (exact) mass is 228 g/mol. The summed E-state index contributed by atoms with van der Waals surface area (Å²) in [6.07, 6.45) is 4.83. The molecule has 2 N–H and O–H groups in total. The summed E-state index contributed by atoms with van der Waals surface area (Å²) in [6.45, 7) is 10.6.